The van der Waals surface area contributed by atoms with Gasteiger partial charge in [0.2, 0.25) is 0 Å². The molecule has 8 nitrogen and oxygen atoms in total. The van der Waals surface area contributed by atoms with Crippen LogP contribution in [-0.4, -0.2) is 44.3 Å². The van der Waals surface area contributed by atoms with Gasteiger partial charge >= 0.3 is 0 Å². The molecule has 0 radical (unpaired) electrons. The fraction of sp³-hybridized carbons (Fsp3) is 0.722. The van der Waals surface area contributed by atoms with E-state index in [9.17, 15) is 4.79 Å². The minimum absolute atomic E-state index is 0.0183. The van der Waals surface area contributed by atoms with E-state index in [-0.39, 0.29) is 17.1 Å². The van der Waals surface area contributed by atoms with Gasteiger partial charge in [0.05, 0.1) is 25.3 Å². The predicted octanol–water partition coefficient (Wildman–Crippen LogP) is 1.66. The summed E-state index contributed by atoms with van der Waals surface area (Å²) in [6, 6.07) is 0. The second kappa shape index (κ2) is 5.37. The van der Waals surface area contributed by atoms with Gasteiger partial charge in [0.1, 0.15) is 5.60 Å². The highest BCUT2D eigenvalue weighted by Crippen LogP contribution is 2.66. The molecule has 4 aliphatic rings. The Kier molecular flexibility index (Phi) is 3.39. The summed E-state index contributed by atoms with van der Waals surface area (Å²) < 4.78 is 20.1. The van der Waals surface area contributed by atoms with Crippen molar-refractivity contribution in [2.75, 3.05) is 6.61 Å². The summed E-state index contributed by atoms with van der Waals surface area (Å²) in [5, 5.41) is 0. The summed E-state index contributed by atoms with van der Waals surface area (Å²) in [4.78, 5) is 23.1. The molecular weight excluding hydrogens is 336 g/mol. The average molecular weight is 360 g/mol. The van der Waals surface area contributed by atoms with E-state index < -0.39 is 12.1 Å². The fourth-order valence-electron chi connectivity index (χ4n) is 5.33. The van der Waals surface area contributed by atoms with Crippen LogP contribution >= 0.6 is 0 Å². The second-order valence-corrected chi connectivity index (χ2v) is 8.26. The highest BCUT2D eigenvalue weighted by atomic mass is 16.9. The van der Waals surface area contributed by atoms with Gasteiger partial charge in [-0.15, -0.1) is 0 Å². The number of rotatable bonds is 4. The van der Waals surface area contributed by atoms with Crippen molar-refractivity contribution in [2.45, 2.75) is 58.3 Å². The number of fused-ring (bicyclic) bond motifs is 1. The van der Waals surface area contributed by atoms with Gasteiger partial charge in [-0.25, -0.2) is 9.97 Å². The monoisotopic (exact) mass is 360 g/mol. The van der Waals surface area contributed by atoms with Gasteiger partial charge in [0, 0.05) is 6.61 Å². The van der Waals surface area contributed by atoms with Crippen LogP contribution in [-0.2, 0) is 20.8 Å². The molecule has 3 aliphatic carbocycles. The van der Waals surface area contributed by atoms with E-state index in [1.54, 1.807) is 6.33 Å². The fourth-order valence-corrected chi connectivity index (χ4v) is 5.33. The number of hydrogen-bond acceptors (Lipinski definition) is 6. The number of H-pyrrole nitrogens is 1. The molecule has 4 fully saturated rings. The van der Waals surface area contributed by atoms with Crippen LogP contribution in [0.15, 0.2) is 17.4 Å². The lowest BCUT2D eigenvalue weighted by atomic mass is 9.43. The lowest BCUT2D eigenvalue weighted by Gasteiger charge is -2.64. The van der Waals surface area contributed by atoms with E-state index in [1.807, 2.05) is 11.5 Å². The molecule has 2 aromatic rings. The van der Waals surface area contributed by atoms with Crippen molar-refractivity contribution in [1.82, 2.24) is 19.5 Å². The molecule has 1 saturated heterocycles. The van der Waals surface area contributed by atoms with Crippen molar-refractivity contribution >= 4 is 11.2 Å². The Bertz CT molecular complexity index is 906. The molecule has 8 heteroatoms. The Balaban J connectivity index is 1.56. The number of nitrogens with zero attached hydrogens (tertiary/aromatic N) is 3. The molecule has 5 atom stereocenters. The van der Waals surface area contributed by atoms with Crippen LogP contribution < -0.4 is 5.56 Å². The van der Waals surface area contributed by atoms with E-state index in [0.29, 0.717) is 36.2 Å². The summed E-state index contributed by atoms with van der Waals surface area (Å²) in [5.74, 6) is 1.01. The van der Waals surface area contributed by atoms with Gasteiger partial charge < -0.3 is 23.8 Å². The molecule has 3 saturated carbocycles. The van der Waals surface area contributed by atoms with Gasteiger partial charge in [0.15, 0.2) is 11.2 Å². The summed E-state index contributed by atoms with van der Waals surface area (Å²) in [5.41, 5.74) is 0.399. The van der Waals surface area contributed by atoms with Crippen LogP contribution in [0.25, 0.3) is 11.2 Å². The van der Waals surface area contributed by atoms with Crippen LogP contribution in [0.2, 0.25) is 0 Å². The van der Waals surface area contributed by atoms with Crippen molar-refractivity contribution in [1.29, 1.82) is 0 Å². The minimum Gasteiger partial charge on any atom is -0.330 e. The van der Waals surface area contributed by atoms with Crippen LogP contribution in [0.4, 0.5) is 0 Å². The molecule has 0 amide bonds. The summed E-state index contributed by atoms with van der Waals surface area (Å²) in [7, 11) is 0. The smallest absolute Gasteiger partial charge is 0.278 e. The van der Waals surface area contributed by atoms with Gasteiger partial charge in [-0.3, -0.25) is 4.79 Å². The summed E-state index contributed by atoms with van der Waals surface area (Å²) >= 11 is 0. The molecule has 3 heterocycles. The van der Waals surface area contributed by atoms with E-state index >= 15 is 0 Å². The van der Waals surface area contributed by atoms with Crippen LogP contribution in [0.3, 0.4) is 0 Å². The Morgan fingerprint density at radius 2 is 2.23 bits per heavy atom. The zero-order chi connectivity index (χ0) is 18.1. The molecule has 1 N–H and O–H groups in total. The van der Waals surface area contributed by atoms with Crippen LogP contribution in [0.1, 0.15) is 33.6 Å². The lowest BCUT2D eigenvalue weighted by Crippen LogP contribution is -2.68. The first kappa shape index (κ1) is 16.4. The number of aromatic amines is 1. The Labute approximate surface area is 150 Å². The number of nitrogens with one attached hydrogen (secondary N) is 1. The van der Waals surface area contributed by atoms with Crippen molar-refractivity contribution in [3.8, 4) is 0 Å². The first-order valence-corrected chi connectivity index (χ1v) is 9.29. The highest BCUT2D eigenvalue weighted by Gasteiger charge is 2.70. The van der Waals surface area contributed by atoms with Gasteiger partial charge in [-0.1, -0.05) is 13.8 Å². The van der Waals surface area contributed by atoms with Crippen molar-refractivity contribution in [3.05, 3.63) is 23.0 Å². The van der Waals surface area contributed by atoms with E-state index in [0.717, 1.165) is 12.8 Å². The molecule has 1 aliphatic heterocycles. The zero-order valence-electron chi connectivity index (χ0n) is 15.3. The van der Waals surface area contributed by atoms with E-state index in [4.69, 9.17) is 14.2 Å². The maximum Gasteiger partial charge on any atom is 0.278 e. The quantitative estimate of drug-likeness (QED) is 0.892. The number of ether oxygens (including phenoxy) is 3. The SMILES string of the molecule is CCOC1O[C@H]2C[C@H]3C[C@H](C3(C)C)[C@@]2(Cn2cnc3c(=O)[nH]cnc32)O1. The Morgan fingerprint density at radius 3 is 3.00 bits per heavy atom. The van der Waals surface area contributed by atoms with E-state index in [2.05, 4.69) is 28.8 Å². The molecule has 140 valence electrons. The maximum atomic E-state index is 12.0. The Hall–Kier alpha value is -1.77. The predicted molar refractivity (Wildman–Crippen MR) is 92.2 cm³/mol. The van der Waals surface area contributed by atoms with Gasteiger partial charge in [-0.05, 0) is 37.0 Å². The average Bonchev–Trinajstić information content (AvgIpc) is 3.17. The van der Waals surface area contributed by atoms with Crippen molar-refractivity contribution < 1.29 is 14.2 Å². The van der Waals surface area contributed by atoms with E-state index in [1.165, 1.54) is 6.33 Å². The molecule has 0 aromatic carbocycles. The molecule has 6 rings (SSSR count). The third-order valence-corrected chi connectivity index (χ3v) is 6.82. The van der Waals surface area contributed by atoms with Crippen molar-refractivity contribution in [3.63, 3.8) is 0 Å². The molecule has 26 heavy (non-hydrogen) atoms. The lowest BCUT2D eigenvalue weighted by molar-refractivity contribution is -0.270. The van der Waals surface area contributed by atoms with Crippen molar-refractivity contribution in [2.24, 2.45) is 17.3 Å². The highest BCUT2D eigenvalue weighted by molar-refractivity contribution is 5.68. The molecular formula is C18H24N4O4. The third-order valence-electron chi connectivity index (χ3n) is 6.82. The summed E-state index contributed by atoms with van der Waals surface area (Å²) in [6.07, 6.45) is 5.17. The maximum absolute atomic E-state index is 12.0. The standard InChI is InChI=1S/C18H24N4O4/c1-4-24-16-25-12-6-10-5-11(17(10,2)3)18(12,26-16)7-22-9-21-13-14(22)19-8-20-15(13)23/h8-12,16H,4-7H2,1-3H3,(H,19,20,23)/t10-,11-,12+,16?,18-/m1/s1. The first-order chi connectivity index (χ1) is 12.5. The minimum atomic E-state index is -0.633. The largest absolute Gasteiger partial charge is 0.330 e. The summed E-state index contributed by atoms with van der Waals surface area (Å²) in [6.45, 7) is 7.02. The normalized spacial score (nSPS) is 37.5. The van der Waals surface area contributed by atoms with Gasteiger partial charge in [-0.2, -0.15) is 0 Å². The molecule has 1 unspecified atom stereocenters. The molecule has 2 bridgehead atoms. The third kappa shape index (κ3) is 2.03. The molecule has 0 spiro atoms. The number of aromatic nitrogens is 4. The topological polar surface area (TPSA) is 91.3 Å². The zero-order valence-corrected chi connectivity index (χ0v) is 15.3. The van der Waals surface area contributed by atoms with Crippen LogP contribution in [0.5, 0.6) is 0 Å². The van der Waals surface area contributed by atoms with Crippen LogP contribution in [0, 0.1) is 17.3 Å². The molecule has 2 aromatic heterocycles. The number of hydrogen-bond donors (Lipinski definition) is 1. The second-order valence-electron chi connectivity index (χ2n) is 8.26. The first-order valence-electron chi connectivity index (χ1n) is 9.29. The van der Waals surface area contributed by atoms with Gasteiger partial charge in [0.25, 0.3) is 12.0 Å². The number of imidazole rings is 1. The Morgan fingerprint density at radius 1 is 1.38 bits per heavy atom.